The Labute approximate surface area is 139 Å². The average Bonchev–Trinajstić information content (AvgIpc) is 2.55. The molecule has 0 aliphatic heterocycles. The van der Waals surface area contributed by atoms with Gasteiger partial charge in [-0.05, 0) is 18.6 Å². The number of nitrogens with zero attached hydrogens (tertiary/aromatic N) is 1. The number of benzene rings is 2. The van der Waals surface area contributed by atoms with Crippen LogP contribution in [0.3, 0.4) is 0 Å². The SMILES string of the molecule is Cc1c(F)cc(C(=O)NCC(C)(C)c2ccccc2)cc1[N+](=O)[O-]. The Morgan fingerprint density at radius 1 is 1.25 bits per heavy atom. The number of hydrogen-bond donors (Lipinski definition) is 1. The summed E-state index contributed by atoms with van der Waals surface area (Å²) in [6, 6.07) is 11.8. The van der Waals surface area contributed by atoms with Crippen LogP contribution in [-0.2, 0) is 5.41 Å². The lowest BCUT2D eigenvalue weighted by atomic mass is 9.84. The molecule has 2 aromatic carbocycles. The predicted molar refractivity (Wildman–Crippen MR) is 89.6 cm³/mol. The summed E-state index contributed by atoms with van der Waals surface area (Å²) < 4.78 is 13.8. The maximum Gasteiger partial charge on any atom is 0.276 e. The van der Waals surface area contributed by atoms with Crippen molar-refractivity contribution in [3.8, 4) is 0 Å². The van der Waals surface area contributed by atoms with Crippen LogP contribution in [0.4, 0.5) is 10.1 Å². The molecule has 24 heavy (non-hydrogen) atoms. The minimum absolute atomic E-state index is 0.0614. The van der Waals surface area contributed by atoms with Crippen LogP contribution in [0.5, 0.6) is 0 Å². The molecule has 126 valence electrons. The second-order valence-corrected chi connectivity index (χ2v) is 6.29. The number of carbonyl (C=O) groups is 1. The molecule has 1 N–H and O–H groups in total. The van der Waals surface area contributed by atoms with Crippen molar-refractivity contribution >= 4 is 11.6 Å². The Hall–Kier alpha value is -2.76. The fraction of sp³-hybridized carbons (Fsp3) is 0.278. The molecule has 2 rings (SSSR count). The highest BCUT2D eigenvalue weighted by Crippen LogP contribution is 2.24. The first-order valence-corrected chi connectivity index (χ1v) is 7.50. The lowest BCUT2D eigenvalue weighted by Gasteiger charge is -2.25. The van der Waals surface area contributed by atoms with Gasteiger partial charge < -0.3 is 5.32 Å². The van der Waals surface area contributed by atoms with Gasteiger partial charge in [-0.1, -0.05) is 44.2 Å². The first-order valence-electron chi connectivity index (χ1n) is 7.50. The molecule has 0 saturated heterocycles. The van der Waals surface area contributed by atoms with Crippen LogP contribution in [0.2, 0.25) is 0 Å². The van der Waals surface area contributed by atoms with Crippen LogP contribution < -0.4 is 5.32 Å². The predicted octanol–water partition coefficient (Wildman–Crippen LogP) is 3.75. The summed E-state index contributed by atoms with van der Waals surface area (Å²) in [6.45, 7) is 5.58. The first-order chi connectivity index (χ1) is 11.2. The second kappa shape index (κ2) is 6.78. The Balaban J connectivity index is 2.17. The number of nitrogens with one attached hydrogen (secondary N) is 1. The maximum absolute atomic E-state index is 13.8. The van der Waals surface area contributed by atoms with E-state index in [2.05, 4.69) is 5.32 Å². The molecule has 0 aliphatic rings. The van der Waals surface area contributed by atoms with Crippen LogP contribution in [0.1, 0.15) is 35.3 Å². The smallest absolute Gasteiger partial charge is 0.276 e. The summed E-state index contributed by atoms with van der Waals surface area (Å²) in [4.78, 5) is 22.5. The van der Waals surface area contributed by atoms with Crippen LogP contribution in [0, 0.1) is 22.9 Å². The maximum atomic E-state index is 13.8. The van der Waals surface area contributed by atoms with Gasteiger partial charge in [-0.15, -0.1) is 0 Å². The van der Waals surface area contributed by atoms with Crippen molar-refractivity contribution in [1.82, 2.24) is 5.32 Å². The summed E-state index contributed by atoms with van der Waals surface area (Å²) in [5.74, 6) is -1.31. The van der Waals surface area contributed by atoms with Crippen molar-refractivity contribution in [2.75, 3.05) is 6.54 Å². The number of rotatable bonds is 5. The monoisotopic (exact) mass is 330 g/mol. The molecule has 0 aliphatic carbocycles. The van der Waals surface area contributed by atoms with Gasteiger partial charge >= 0.3 is 0 Å². The number of halogens is 1. The summed E-state index contributed by atoms with van der Waals surface area (Å²) in [7, 11) is 0. The van der Waals surface area contributed by atoms with E-state index in [1.807, 2.05) is 44.2 Å². The Morgan fingerprint density at radius 2 is 1.88 bits per heavy atom. The number of hydrogen-bond acceptors (Lipinski definition) is 3. The molecular formula is C18H19FN2O3. The second-order valence-electron chi connectivity index (χ2n) is 6.29. The Bertz CT molecular complexity index is 773. The van der Waals surface area contributed by atoms with E-state index >= 15 is 0 Å². The zero-order valence-electron chi connectivity index (χ0n) is 13.8. The molecule has 5 nitrogen and oxygen atoms in total. The van der Waals surface area contributed by atoms with Gasteiger partial charge in [0.25, 0.3) is 11.6 Å². The fourth-order valence-corrected chi connectivity index (χ4v) is 2.38. The molecule has 1 amide bonds. The fourth-order valence-electron chi connectivity index (χ4n) is 2.38. The normalized spacial score (nSPS) is 11.2. The van der Waals surface area contributed by atoms with Crippen LogP contribution in [0.25, 0.3) is 0 Å². The van der Waals surface area contributed by atoms with E-state index in [-0.39, 0.29) is 16.5 Å². The van der Waals surface area contributed by atoms with Crippen molar-refractivity contribution in [3.05, 3.63) is 75.1 Å². The van der Waals surface area contributed by atoms with Gasteiger partial charge in [0.2, 0.25) is 0 Å². The van der Waals surface area contributed by atoms with Crippen molar-refractivity contribution in [3.63, 3.8) is 0 Å². The molecule has 0 bridgehead atoms. The highest BCUT2D eigenvalue weighted by molar-refractivity contribution is 5.95. The van der Waals surface area contributed by atoms with E-state index in [9.17, 15) is 19.3 Å². The largest absolute Gasteiger partial charge is 0.351 e. The zero-order chi connectivity index (χ0) is 17.9. The number of nitro groups is 1. The molecule has 0 radical (unpaired) electrons. The zero-order valence-corrected chi connectivity index (χ0v) is 13.8. The molecule has 0 unspecified atom stereocenters. The minimum atomic E-state index is -0.767. The number of carbonyl (C=O) groups excluding carboxylic acids is 1. The van der Waals surface area contributed by atoms with Gasteiger partial charge in [0, 0.05) is 23.6 Å². The van der Waals surface area contributed by atoms with E-state index in [0.717, 1.165) is 17.7 Å². The van der Waals surface area contributed by atoms with Crippen molar-refractivity contribution in [2.45, 2.75) is 26.2 Å². The first kappa shape index (κ1) is 17.6. The third-order valence-corrected chi connectivity index (χ3v) is 4.02. The number of nitro benzene ring substituents is 1. The highest BCUT2D eigenvalue weighted by atomic mass is 19.1. The summed E-state index contributed by atoms with van der Waals surface area (Å²) in [5, 5.41) is 13.7. The van der Waals surface area contributed by atoms with Crippen molar-refractivity contribution in [1.29, 1.82) is 0 Å². The van der Waals surface area contributed by atoms with Gasteiger partial charge in [0.15, 0.2) is 0 Å². The van der Waals surface area contributed by atoms with Crippen LogP contribution >= 0.6 is 0 Å². The third-order valence-electron chi connectivity index (χ3n) is 4.02. The molecule has 2 aromatic rings. The van der Waals surface area contributed by atoms with Gasteiger partial charge in [-0.2, -0.15) is 0 Å². The van der Waals surface area contributed by atoms with E-state index in [1.54, 1.807) is 0 Å². The molecule has 0 fully saturated rings. The topological polar surface area (TPSA) is 72.2 Å². The summed E-state index contributed by atoms with van der Waals surface area (Å²) in [6.07, 6.45) is 0. The minimum Gasteiger partial charge on any atom is -0.351 e. The Morgan fingerprint density at radius 3 is 2.46 bits per heavy atom. The lowest BCUT2D eigenvalue weighted by Crippen LogP contribution is -2.36. The molecule has 0 heterocycles. The highest BCUT2D eigenvalue weighted by Gasteiger charge is 2.23. The van der Waals surface area contributed by atoms with E-state index in [0.29, 0.717) is 6.54 Å². The van der Waals surface area contributed by atoms with E-state index in [4.69, 9.17) is 0 Å². The quantitative estimate of drug-likeness (QED) is 0.670. The van der Waals surface area contributed by atoms with Crippen LogP contribution in [-0.4, -0.2) is 17.4 Å². The molecule has 0 aromatic heterocycles. The molecule has 0 spiro atoms. The van der Waals surface area contributed by atoms with E-state index < -0.39 is 22.3 Å². The summed E-state index contributed by atoms with van der Waals surface area (Å²) in [5.41, 5.74) is 0.176. The van der Waals surface area contributed by atoms with Gasteiger partial charge in [0.1, 0.15) is 5.82 Å². The Kier molecular flexibility index (Phi) is 4.97. The standard InChI is InChI=1S/C18H19FN2O3/c1-12-15(19)9-13(10-16(12)21(23)24)17(22)20-11-18(2,3)14-7-5-4-6-8-14/h4-10H,11H2,1-3H3,(H,20,22). The lowest BCUT2D eigenvalue weighted by molar-refractivity contribution is -0.385. The molecule has 0 saturated carbocycles. The third kappa shape index (κ3) is 3.76. The van der Waals surface area contributed by atoms with Gasteiger partial charge in [-0.3, -0.25) is 14.9 Å². The van der Waals surface area contributed by atoms with Crippen molar-refractivity contribution < 1.29 is 14.1 Å². The summed E-state index contributed by atoms with van der Waals surface area (Å²) >= 11 is 0. The molecular weight excluding hydrogens is 311 g/mol. The van der Waals surface area contributed by atoms with Gasteiger partial charge in [0.05, 0.1) is 10.5 Å². The molecule has 6 heteroatoms. The molecule has 0 atom stereocenters. The van der Waals surface area contributed by atoms with Gasteiger partial charge in [-0.25, -0.2) is 4.39 Å². The number of amides is 1. The van der Waals surface area contributed by atoms with Crippen molar-refractivity contribution in [2.24, 2.45) is 0 Å². The average molecular weight is 330 g/mol. The van der Waals surface area contributed by atoms with Crippen LogP contribution in [0.15, 0.2) is 42.5 Å². The van der Waals surface area contributed by atoms with E-state index in [1.165, 1.54) is 6.92 Å².